The minimum Gasteiger partial charge on any atom is -0.390 e. The first-order chi connectivity index (χ1) is 14.4. The van der Waals surface area contributed by atoms with E-state index in [1.165, 1.54) is 6.26 Å². The van der Waals surface area contributed by atoms with Gasteiger partial charge in [-0.1, -0.05) is 13.8 Å². The summed E-state index contributed by atoms with van der Waals surface area (Å²) in [6.07, 6.45) is 1.47. The van der Waals surface area contributed by atoms with E-state index in [0.717, 1.165) is 28.2 Å². The fourth-order valence-corrected chi connectivity index (χ4v) is 6.16. The molecule has 1 aliphatic rings. The number of anilines is 1. The molecule has 2 atom stereocenters. The van der Waals surface area contributed by atoms with Crippen LogP contribution in [-0.2, 0) is 21.9 Å². The SMILES string of the molecule is CC(C)c1cc(C#N)cc2c1NC(N=S(C)(=O)c1sc(C(C)(C)O)nc1CO)=NC2C. The third-order valence-electron chi connectivity index (χ3n) is 4.89. The van der Waals surface area contributed by atoms with Crippen LogP contribution in [0.5, 0.6) is 0 Å². The summed E-state index contributed by atoms with van der Waals surface area (Å²) in [5.74, 6) is 0.380. The number of nitrogens with zero attached hydrogens (tertiary/aromatic N) is 4. The number of aromatic nitrogens is 1. The van der Waals surface area contributed by atoms with Crippen molar-refractivity contribution in [3.8, 4) is 6.07 Å². The number of fused-ring (bicyclic) bond motifs is 1. The van der Waals surface area contributed by atoms with E-state index < -0.39 is 21.9 Å². The van der Waals surface area contributed by atoms with E-state index in [9.17, 15) is 19.7 Å². The molecule has 0 spiro atoms. The van der Waals surface area contributed by atoms with Crippen LogP contribution in [0.3, 0.4) is 0 Å². The lowest BCUT2D eigenvalue weighted by Crippen LogP contribution is -2.21. The lowest BCUT2D eigenvalue weighted by Gasteiger charge is -2.25. The first-order valence-corrected chi connectivity index (χ1v) is 12.6. The van der Waals surface area contributed by atoms with E-state index in [0.29, 0.717) is 14.8 Å². The number of thiazole rings is 1. The summed E-state index contributed by atoms with van der Waals surface area (Å²) >= 11 is 1.08. The Labute approximate surface area is 186 Å². The third-order valence-corrected chi connectivity index (χ3v) is 8.72. The van der Waals surface area contributed by atoms with Gasteiger partial charge in [0.1, 0.15) is 14.8 Å². The smallest absolute Gasteiger partial charge is 0.231 e. The van der Waals surface area contributed by atoms with Crippen molar-refractivity contribution in [1.82, 2.24) is 4.98 Å². The average Bonchev–Trinajstić information content (AvgIpc) is 3.13. The quantitative estimate of drug-likeness (QED) is 0.634. The standard InChI is InChI=1S/C21H27N5O3S2/c1-11(2)14-7-13(9-22)8-15-12(3)23-20(25-17(14)15)26-31(6,29)18-16(10-27)24-19(30-18)21(4,5)28/h7-8,11-12,27-28H,10H2,1-6H3,(H,23,25). The van der Waals surface area contributed by atoms with Gasteiger partial charge in [-0.2, -0.15) is 9.62 Å². The van der Waals surface area contributed by atoms with E-state index >= 15 is 0 Å². The largest absolute Gasteiger partial charge is 0.390 e. The van der Waals surface area contributed by atoms with Crippen molar-refractivity contribution >= 4 is 32.7 Å². The van der Waals surface area contributed by atoms with E-state index in [4.69, 9.17) is 0 Å². The van der Waals surface area contributed by atoms with Crippen LogP contribution < -0.4 is 5.32 Å². The normalized spacial score (nSPS) is 17.9. The maximum absolute atomic E-state index is 13.6. The summed E-state index contributed by atoms with van der Waals surface area (Å²) in [6.45, 7) is 8.74. The van der Waals surface area contributed by atoms with Crippen LogP contribution in [-0.4, -0.2) is 31.6 Å². The number of guanidine groups is 1. The van der Waals surface area contributed by atoms with Gasteiger partial charge in [-0.3, -0.25) is 0 Å². The molecule has 3 N–H and O–H groups in total. The van der Waals surface area contributed by atoms with Crippen molar-refractivity contribution in [2.24, 2.45) is 9.36 Å². The Morgan fingerprint density at radius 3 is 2.65 bits per heavy atom. The summed E-state index contributed by atoms with van der Waals surface area (Å²) in [4.78, 5) is 8.80. The molecule has 3 rings (SSSR count). The van der Waals surface area contributed by atoms with Crippen LogP contribution in [0, 0.1) is 11.3 Å². The van der Waals surface area contributed by atoms with E-state index in [2.05, 4.69) is 25.7 Å². The Bertz CT molecular complexity index is 1210. The number of aliphatic imine (C=N–C) groups is 1. The number of benzene rings is 1. The molecule has 10 heteroatoms. The Morgan fingerprint density at radius 2 is 2.10 bits per heavy atom. The van der Waals surface area contributed by atoms with Gasteiger partial charge in [0.25, 0.3) is 0 Å². The summed E-state index contributed by atoms with van der Waals surface area (Å²) in [7, 11) is -3.00. The van der Waals surface area contributed by atoms with Crippen molar-refractivity contribution in [1.29, 1.82) is 5.26 Å². The zero-order valence-corrected chi connectivity index (χ0v) is 20.1. The number of rotatable bonds is 4. The number of nitriles is 1. The lowest BCUT2D eigenvalue weighted by atomic mass is 9.92. The summed E-state index contributed by atoms with van der Waals surface area (Å²) < 4.78 is 18.3. The summed E-state index contributed by atoms with van der Waals surface area (Å²) in [5, 5.41) is 32.9. The van der Waals surface area contributed by atoms with E-state index in [1.807, 2.05) is 32.9 Å². The minimum absolute atomic E-state index is 0.156. The van der Waals surface area contributed by atoms with Gasteiger partial charge >= 0.3 is 0 Å². The minimum atomic E-state index is -3.00. The molecule has 0 saturated carbocycles. The second kappa shape index (κ2) is 8.31. The van der Waals surface area contributed by atoms with Gasteiger partial charge < -0.3 is 15.5 Å². The van der Waals surface area contributed by atoms with Crippen molar-refractivity contribution < 1.29 is 14.4 Å². The molecule has 31 heavy (non-hydrogen) atoms. The van der Waals surface area contributed by atoms with Gasteiger partial charge in [-0.25, -0.2) is 14.2 Å². The maximum atomic E-state index is 13.6. The molecule has 166 valence electrons. The topological polar surface area (TPSA) is 131 Å². The monoisotopic (exact) mass is 461 g/mol. The van der Waals surface area contributed by atoms with Crippen LogP contribution >= 0.6 is 11.3 Å². The highest BCUT2D eigenvalue weighted by Crippen LogP contribution is 2.38. The molecular formula is C21H27N5O3S2. The number of aliphatic hydroxyl groups is 2. The molecule has 0 radical (unpaired) electrons. The Hall–Kier alpha value is -2.32. The summed E-state index contributed by atoms with van der Waals surface area (Å²) in [5.41, 5.74) is 2.27. The molecule has 0 saturated heterocycles. The first kappa shape index (κ1) is 23.3. The summed E-state index contributed by atoms with van der Waals surface area (Å²) in [6, 6.07) is 5.58. The van der Waals surface area contributed by atoms with Crippen LogP contribution in [0.25, 0.3) is 0 Å². The molecule has 0 bridgehead atoms. The average molecular weight is 462 g/mol. The van der Waals surface area contributed by atoms with Crippen LogP contribution in [0.2, 0.25) is 0 Å². The first-order valence-electron chi connectivity index (χ1n) is 9.85. The third kappa shape index (κ3) is 4.65. The number of hydrogen-bond acceptors (Lipinski definition) is 9. The highest BCUT2D eigenvalue weighted by atomic mass is 32.2. The second-order valence-electron chi connectivity index (χ2n) is 8.41. The Morgan fingerprint density at radius 1 is 1.42 bits per heavy atom. The predicted molar refractivity (Wildman–Crippen MR) is 123 cm³/mol. The van der Waals surface area contributed by atoms with Crippen molar-refractivity contribution in [3.63, 3.8) is 0 Å². The molecule has 0 fully saturated rings. The highest BCUT2D eigenvalue weighted by molar-refractivity contribution is 7.95. The molecule has 1 aliphatic heterocycles. The van der Waals surface area contributed by atoms with Crippen LogP contribution in [0.1, 0.15) is 74.0 Å². The molecule has 8 nitrogen and oxygen atoms in total. The van der Waals surface area contributed by atoms with Gasteiger partial charge in [0.05, 0.1) is 39.7 Å². The lowest BCUT2D eigenvalue weighted by molar-refractivity contribution is 0.0779. The zero-order chi connectivity index (χ0) is 23.1. The fraction of sp³-hybridized carbons (Fsp3) is 0.476. The van der Waals surface area contributed by atoms with Crippen molar-refractivity contribution in [2.75, 3.05) is 11.6 Å². The molecule has 2 heterocycles. The van der Waals surface area contributed by atoms with Gasteiger partial charge in [0, 0.05) is 17.5 Å². The molecule has 2 aromatic rings. The maximum Gasteiger partial charge on any atom is 0.231 e. The Balaban J connectivity index is 2.10. The zero-order valence-electron chi connectivity index (χ0n) is 18.4. The molecule has 0 aliphatic carbocycles. The van der Waals surface area contributed by atoms with Gasteiger partial charge in [0.2, 0.25) is 5.96 Å². The van der Waals surface area contributed by atoms with Crippen molar-refractivity contribution in [2.45, 2.75) is 63.0 Å². The fourth-order valence-electron chi connectivity index (χ4n) is 3.33. The molecule has 0 amide bonds. The predicted octanol–water partition coefficient (Wildman–Crippen LogP) is 3.86. The number of hydrogen-bond donors (Lipinski definition) is 3. The van der Waals surface area contributed by atoms with Gasteiger partial charge in [-0.05, 0) is 44.4 Å². The molecule has 1 aromatic carbocycles. The highest BCUT2D eigenvalue weighted by Gasteiger charge is 2.28. The van der Waals surface area contributed by atoms with Crippen LogP contribution in [0.15, 0.2) is 25.7 Å². The molecule has 1 aromatic heterocycles. The molecule has 2 unspecified atom stereocenters. The van der Waals surface area contributed by atoms with E-state index in [1.54, 1.807) is 13.8 Å². The van der Waals surface area contributed by atoms with Crippen LogP contribution in [0.4, 0.5) is 5.69 Å². The van der Waals surface area contributed by atoms with Gasteiger partial charge in [0.15, 0.2) is 0 Å². The second-order valence-corrected chi connectivity index (χ2v) is 11.9. The number of nitrogens with one attached hydrogen (secondary N) is 1. The van der Waals surface area contributed by atoms with Crippen molar-refractivity contribution in [3.05, 3.63) is 39.5 Å². The number of aliphatic hydroxyl groups excluding tert-OH is 1. The Kier molecular flexibility index (Phi) is 6.26. The van der Waals surface area contributed by atoms with E-state index in [-0.39, 0.29) is 23.6 Å². The molecular weight excluding hydrogens is 434 g/mol. The van der Waals surface area contributed by atoms with Gasteiger partial charge in [-0.15, -0.1) is 11.3 Å².